The number of amides is 2. The van der Waals surface area contributed by atoms with Crippen LogP contribution in [0.1, 0.15) is 73.0 Å². The van der Waals surface area contributed by atoms with Gasteiger partial charge in [0.05, 0.1) is 65.8 Å². The Morgan fingerprint density at radius 1 is 1.02 bits per heavy atom. The van der Waals surface area contributed by atoms with Crippen LogP contribution in [0.2, 0.25) is 0 Å². The number of fused-ring (bicyclic) bond motifs is 3. The molecule has 2 saturated heterocycles. The molecule has 4 fully saturated rings. The molecular weight excluding hydrogens is 699 g/mol. The number of nitrogens with two attached hydrogens (primary N) is 2. The Labute approximate surface area is 322 Å². The van der Waals surface area contributed by atoms with Crippen molar-refractivity contribution in [2.45, 2.75) is 63.7 Å². The van der Waals surface area contributed by atoms with Crippen molar-refractivity contribution in [1.82, 2.24) is 35.2 Å². The van der Waals surface area contributed by atoms with Gasteiger partial charge >= 0.3 is 0 Å². The fourth-order valence-electron chi connectivity index (χ4n) is 7.32. The van der Waals surface area contributed by atoms with Crippen LogP contribution in [-0.2, 0) is 20.9 Å². The number of morpholine rings is 1. The van der Waals surface area contributed by atoms with Gasteiger partial charge in [0.2, 0.25) is 0 Å². The molecule has 8 rings (SSSR count). The zero-order valence-electron chi connectivity index (χ0n) is 32.0. The highest BCUT2D eigenvalue weighted by Gasteiger charge is 2.38. The lowest BCUT2D eigenvalue weighted by Gasteiger charge is -2.43. The highest BCUT2D eigenvalue weighted by molar-refractivity contribution is 5.96. The molecule has 1 aromatic carbocycles. The number of ether oxygens (including phenoxy) is 1. The van der Waals surface area contributed by atoms with Gasteiger partial charge in [0, 0.05) is 76.0 Å². The minimum Gasteiger partial charge on any atom is -0.393 e. The number of carbonyl (C=O) groups excluding carboxylic acids is 3. The third-order valence-electron chi connectivity index (χ3n) is 10.8. The van der Waals surface area contributed by atoms with Gasteiger partial charge in [0.1, 0.15) is 17.7 Å². The summed E-state index contributed by atoms with van der Waals surface area (Å²) in [6.45, 7) is 6.85. The first kappa shape index (κ1) is 37.9. The van der Waals surface area contributed by atoms with Gasteiger partial charge in [-0.05, 0) is 50.3 Å². The van der Waals surface area contributed by atoms with E-state index in [4.69, 9.17) is 26.3 Å². The molecule has 5 heterocycles. The Balaban J connectivity index is 0.000000862. The average Bonchev–Trinajstić information content (AvgIpc) is 4.14. The van der Waals surface area contributed by atoms with Gasteiger partial charge in [-0.2, -0.15) is 5.10 Å². The predicted octanol–water partition coefficient (Wildman–Crippen LogP) is 2.85. The number of rotatable bonds is 12. The molecule has 2 amide bonds. The van der Waals surface area contributed by atoms with Crippen molar-refractivity contribution < 1.29 is 19.1 Å². The number of carbonyl (C=O) groups is 3. The minimum atomic E-state index is -0.317. The highest BCUT2D eigenvalue weighted by atomic mass is 16.5. The number of allylic oxidation sites excluding steroid dienone is 1. The fraction of sp³-hybridized carbons (Fsp3) is 0.475. The normalized spacial score (nSPS) is 20.2. The Morgan fingerprint density at radius 2 is 1.76 bits per heavy atom. The molecule has 0 bridgehead atoms. The third-order valence-corrected chi connectivity index (χ3v) is 10.8. The fourth-order valence-corrected chi connectivity index (χ4v) is 7.32. The number of nitrogens with one attached hydrogen (secondary N) is 3. The van der Waals surface area contributed by atoms with Gasteiger partial charge in [0.25, 0.3) is 11.8 Å². The van der Waals surface area contributed by atoms with Gasteiger partial charge in [0.15, 0.2) is 0 Å². The maximum Gasteiger partial charge on any atom is 0.272 e. The molecule has 55 heavy (non-hydrogen) atoms. The third kappa shape index (κ3) is 8.47. The Bertz CT molecular complexity index is 1960. The summed E-state index contributed by atoms with van der Waals surface area (Å²) in [7, 11) is 3.82. The van der Waals surface area contributed by atoms with Crippen molar-refractivity contribution in [2.24, 2.45) is 17.4 Å². The highest BCUT2D eigenvalue weighted by Crippen LogP contribution is 2.49. The van der Waals surface area contributed by atoms with E-state index in [1.165, 1.54) is 5.69 Å². The smallest absolute Gasteiger partial charge is 0.272 e. The Hall–Kier alpha value is -5.41. The monoisotopic (exact) mass is 751 g/mol. The van der Waals surface area contributed by atoms with Crippen LogP contribution >= 0.6 is 0 Å². The van der Waals surface area contributed by atoms with Crippen LogP contribution in [0.5, 0.6) is 0 Å². The van der Waals surface area contributed by atoms with E-state index in [1.54, 1.807) is 19.2 Å². The molecule has 3 aromatic rings. The molecular formula is C40H53N11O4. The molecule has 5 aliphatic rings. The Morgan fingerprint density at radius 3 is 2.42 bits per heavy atom. The van der Waals surface area contributed by atoms with Gasteiger partial charge in [-0.3, -0.25) is 19.2 Å². The van der Waals surface area contributed by atoms with E-state index in [2.05, 4.69) is 50.5 Å². The molecule has 292 valence electrons. The molecule has 2 aliphatic carbocycles. The minimum absolute atomic E-state index is 0.0403. The van der Waals surface area contributed by atoms with E-state index < -0.39 is 0 Å². The summed E-state index contributed by atoms with van der Waals surface area (Å²) in [4.78, 5) is 46.7. The quantitative estimate of drug-likeness (QED) is 0.104. The summed E-state index contributed by atoms with van der Waals surface area (Å²) in [6.07, 6.45) is 9.74. The number of benzene rings is 1. The van der Waals surface area contributed by atoms with Crippen molar-refractivity contribution in [2.75, 3.05) is 63.7 Å². The number of hydrogen-bond donors (Lipinski definition) is 5. The summed E-state index contributed by atoms with van der Waals surface area (Å²) in [5.41, 5.74) is 19.6. The largest absolute Gasteiger partial charge is 0.393 e. The van der Waals surface area contributed by atoms with Crippen molar-refractivity contribution in [3.63, 3.8) is 0 Å². The summed E-state index contributed by atoms with van der Waals surface area (Å²) >= 11 is 0. The van der Waals surface area contributed by atoms with Gasteiger partial charge < -0.3 is 46.7 Å². The van der Waals surface area contributed by atoms with Crippen molar-refractivity contribution >= 4 is 29.5 Å². The zero-order valence-corrected chi connectivity index (χ0v) is 32.0. The average molecular weight is 752 g/mol. The van der Waals surface area contributed by atoms with Crippen LogP contribution in [0.15, 0.2) is 65.9 Å². The number of anilines is 2. The number of aldehydes is 1. The molecule has 0 spiro atoms. The molecule has 15 heteroatoms. The van der Waals surface area contributed by atoms with Gasteiger partial charge in [-0.1, -0.05) is 25.1 Å². The van der Waals surface area contributed by atoms with Crippen molar-refractivity contribution in [1.29, 1.82) is 0 Å². The number of pyridine rings is 1. The first-order valence-electron chi connectivity index (χ1n) is 19.4. The van der Waals surface area contributed by atoms with Crippen LogP contribution < -0.4 is 32.3 Å². The topological polar surface area (TPSA) is 189 Å². The number of hydrogen-bond acceptors (Lipinski definition) is 12. The Kier molecular flexibility index (Phi) is 11.4. The standard InChI is InChI=1S/C36H47N11O3.C4H6O/c1-4-30-34-26(18-40-47(34)24-20-45(21-24)19-23-7-5-10-28(41-23)36(49)46-13-15-50-16-14-46)25-8-6-9-27(33(25)44(30)3)43-29(17-31(37)39-2)32(38)35(48)42-22-11-12-22;5-3-4-1-2-4/h5-10,17-18,22,24,30,39,43H,4,11-16,19-21,37-38H2,1-3H3,(H,42,48);3-4H,1-2H2/b31-17+,32-29+;. The van der Waals surface area contributed by atoms with E-state index in [9.17, 15) is 14.4 Å². The molecule has 7 N–H and O–H groups in total. The molecule has 3 aliphatic heterocycles. The number of nitrogens with zero attached hydrogens (tertiary/aromatic N) is 6. The lowest BCUT2D eigenvalue weighted by atomic mass is 9.91. The summed E-state index contributed by atoms with van der Waals surface area (Å²) in [5.74, 6) is 0.474. The number of para-hydroxylation sites is 1. The molecule has 2 saturated carbocycles. The second kappa shape index (κ2) is 16.5. The van der Waals surface area contributed by atoms with Crippen LogP contribution in [0.3, 0.4) is 0 Å². The van der Waals surface area contributed by atoms with Crippen LogP contribution in [0.25, 0.3) is 11.1 Å². The van der Waals surface area contributed by atoms with Gasteiger partial charge in [-0.15, -0.1) is 0 Å². The molecule has 1 atom stereocenters. The maximum absolute atomic E-state index is 13.0. The van der Waals surface area contributed by atoms with E-state index >= 15 is 0 Å². The van der Waals surface area contributed by atoms with E-state index in [1.807, 2.05) is 35.4 Å². The van der Waals surface area contributed by atoms with Crippen LogP contribution in [0, 0.1) is 5.92 Å². The lowest BCUT2D eigenvalue weighted by molar-refractivity contribution is -0.117. The molecule has 15 nitrogen and oxygen atoms in total. The zero-order chi connectivity index (χ0) is 38.6. The summed E-state index contributed by atoms with van der Waals surface area (Å²) < 4.78 is 7.60. The van der Waals surface area contributed by atoms with Crippen molar-refractivity contribution in [3.8, 4) is 11.1 Å². The van der Waals surface area contributed by atoms with Gasteiger partial charge in [-0.25, -0.2) is 4.98 Å². The second-order valence-corrected chi connectivity index (χ2v) is 14.9. The first-order chi connectivity index (χ1) is 26.7. The summed E-state index contributed by atoms with van der Waals surface area (Å²) in [5, 5.41) is 14.3. The van der Waals surface area contributed by atoms with E-state index in [0.717, 1.165) is 79.7 Å². The lowest BCUT2D eigenvalue weighted by Crippen LogP contribution is -2.48. The summed E-state index contributed by atoms with van der Waals surface area (Å²) in [6, 6.07) is 12.3. The van der Waals surface area contributed by atoms with E-state index in [0.29, 0.717) is 56.0 Å². The number of aromatic nitrogens is 3. The van der Waals surface area contributed by atoms with Crippen LogP contribution in [-0.4, -0.2) is 102 Å². The second-order valence-electron chi connectivity index (χ2n) is 14.9. The van der Waals surface area contributed by atoms with E-state index in [-0.39, 0.29) is 35.6 Å². The number of likely N-dealkylation sites (tertiary alicyclic amines) is 1. The van der Waals surface area contributed by atoms with Crippen LogP contribution in [0.4, 0.5) is 11.4 Å². The SMILES string of the molecule is CCC1c2c(cnn2C2CN(Cc3cccc(C(=O)N4CCOCC4)n3)C2)-c2cccc(NC(/C=C(\N)NC)=C(/N)C(=O)NC3CC3)c2N1C.O=CC1CC1. The molecule has 0 radical (unpaired) electrons. The van der Waals surface area contributed by atoms with Crippen molar-refractivity contribution in [3.05, 3.63) is 83.0 Å². The maximum atomic E-state index is 13.0. The molecule has 1 unspecified atom stereocenters. The first-order valence-corrected chi connectivity index (χ1v) is 19.4. The predicted molar refractivity (Wildman–Crippen MR) is 210 cm³/mol. The molecule has 2 aromatic heterocycles.